The van der Waals surface area contributed by atoms with E-state index < -0.39 is 0 Å². The van der Waals surface area contributed by atoms with E-state index in [1.54, 1.807) is 18.2 Å². The van der Waals surface area contributed by atoms with Gasteiger partial charge < -0.3 is 5.32 Å². The molecule has 0 spiro atoms. The lowest BCUT2D eigenvalue weighted by atomic mass is 9.99. The predicted molar refractivity (Wildman–Crippen MR) is 82.5 cm³/mol. The molecule has 2 aromatic carbocycles. The van der Waals surface area contributed by atoms with Gasteiger partial charge >= 0.3 is 0 Å². The lowest BCUT2D eigenvalue weighted by molar-refractivity contribution is 0.0949. The molecular weight excluding hydrogens is 262 g/mol. The minimum absolute atomic E-state index is 0.000824. The molecule has 1 N–H and O–H groups in total. The maximum atomic E-state index is 12.4. The number of hydrogen-bond donors (Lipinski definition) is 1. The van der Waals surface area contributed by atoms with E-state index in [2.05, 4.69) is 19.2 Å². The lowest BCUT2D eigenvalue weighted by Crippen LogP contribution is -2.27. The largest absolute Gasteiger partial charge is 0.352 e. The van der Waals surface area contributed by atoms with Crippen LogP contribution in [0.5, 0.6) is 0 Å². The highest BCUT2D eigenvalue weighted by molar-refractivity contribution is 6.24. The minimum atomic E-state index is -0.120. The van der Waals surface area contributed by atoms with Crippen molar-refractivity contribution in [3.63, 3.8) is 0 Å². The van der Waals surface area contributed by atoms with Gasteiger partial charge in [-0.3, -0.25) is 9.59 Å². The predicted octanol–water partition coefficient (Wildman–Crippen LogP) is 3.28. The van der Waals surface area contributed by atoms with Gasteiger partial charge in [-0.2, -0.15) is 0 Å². The maximum absolute atomic E-state index is 12.4. The second-order valence-corrected chi connectivity index (χ2v) is 5.71. The van der Waals surface area contributed by atoms with Crippen LogP contribution >= 0.6 is 0 Å². The van der Waals surface area contributed by atoms with Gasteiger partial charge in [-0.25, -0.2) is 0 Å². The Bertz CT molecular complexity index is 732. The second-order valence-electron chi connectivity index (χ2n) is 5.71. The molecule has 0 atom stereocenters. The summed E-state index contributed by atoms with van der Waals surface area (Å²) in [7, 11) is 0. The first-order chi connectivity index (χ1) is 10.1. The molecule has 0 heterocycles. The molecule has 21 heavy (non-hydrogen) atoms. The van der Waals surface area contributed by atoms with Crippen molar-refractivity contribution >= 4 is 11.7 Å². The van der Waals surface area contributed by atoms with Crippen molar-refractivity contribution < 1.29 is 9.59 Å². The zero-order valence-electron chi connectivity index (χ0n) is 12.1. The number of benzene rings is 2. The van der Waals surface area contributed by atoms with Crippen molar-refractivity contribution in [2.75, 3.05) is 6.54 Å². The van der Waals surface area contributed by atoms with Crippen LogP contribution in [0.4, 0.5) is 0 Å². The van der Waals surface area contributed by atoms with Crippen LogP contribution in [0, 0.1) is 5.92 Å². The first kappa shape index (κ1) is 13.6. The van der Waals surface area contributed by atoms with Crippen LogP contribution in [0.2, 0.25) is 0 Å². The quantitative estimate of drug-likeness (QED) is 0.799. The van der Waals surface area contributed by atoms with Gasteiger partial charge in [0, 0.05) is 28.8 Å². The summed E-state index contributed by atoms with van der Waals surface area (Å²) in [5.74, 6) is 0.267. The topological polar surface area (TPSA) is 46.2 Å². The molecule has 0 saturated carbocycles. The molecule has 1 aliphatic rings. The Labute approximate surface area is 124 Å². The van der Waals surface area contributed by atoms with Gasteiger partial charge in [0.05, 0.1) is 0 Å². The third kappa shape index (κ3) is 2.25. The third-order valence-corrected chi connectivity index (χ3v) is 3.67. The highest BCUT2D eigenvalue weighted by Crippen LogP contribution is 2.38. The summed E-state index contributed by atoms with van der Waals surface area (Å²) in [5, 5.41) is 2.92. The number of carbonyl (C=O) groups is 2. The van der Waals surface area contributed by atoms with Crippen LogP contribution in [0.15, 0.2) is 42.5 Å². The number of nitrogens with one attached hydrogen (secondary N) is 1. The van der Waals surface area contributed by atoms with Crippen LogP contribution in [0.3, 0.4) is 0 Å². The molecule has 0 bridgehead atoms. The van der Waals surface area contributed by atoms with E-state index in [0.717, 1.165) is 11.1 Å². The minimum Gasteiger partial charge on any atom is -0.352 e. The molecule has 106 valence electrons. The number of fused-ring (bicyclic) bond motifs is 3. The van der Waals surface area contributed by atoms with E-state index in [4.69, 9.17) is 0 Å². The number of ketones is 1. The molecule has 3 heteroatoms. The van der Waals surface area contributed by atoms with Gasteiger partial charge in [0.25, 0.3) is 5.91 Å². The van der Waals surface area contributed by atoms with Crippen LogP contribution in [-0.4, -0.2) is 18.2 Å². The monoisotopic (exact) mass is 279 g/mol. The molecule has 1 aliphatic carbocycles. The Morgan fingerprint density at radius 2 is 1.67 bits per heavy atom. The summed E-state index contributed by atoms with van der Waals surface area (Å²) in [5.41, 5.74) is 3.49. The second kappa shape index (κ2) is 5.17. The molecule has 3 rings (SSSR count). The Morgan fingerprint density at radius 3 is 2.38 bits per heavy atom. The number of carbonyl (C=O) groups excluding carboxylic acids is 2. The van der Waals surface area contributed by atoms with Crippen LogP contribution < -0.4 is 5.32 Å². The molecular formula is C18H17NO2. The van der Waals surface area contributed by atoms with Gasteiger partial charge in [0.2, 0.25) is 0 Å². The van der Waals surface area contributed by atoms with Crippen molar-refractivity contribution in [1.82, 2.24) is 5.32 Å². The zero-order valence-corrected chi connectivity index (χ0v) is 12.1. The van der Waals surface area contributed by atoms with Crippen molar-refractivity contribution in [2.24, 2.45) is 5.92 Å². The van der Waals surface area contributed by atoms with Crippen molar-refractivity contribution in [3.8, 4) is 11.1 Å². The van der Waals surface area contributed by atoms with Crippen molar-refractivity contribution in [2.45, 2.75) is 13.8 Å². The first-order valence-corrected chi connectivity index (χ1v) is 7.15. The highest BCUT2D eigenvalue weighted by atomic mass is 16.1. The van der Waals surface area contributed by atoms with Gasteiger partial charge in [-0.15, -0.1) is 0 Å². The summed E-state index contributed by atoms with van der Waals surface area (Å²) >= 11 is 0. The van der Waals surface area contributed by atoms with E-state index in [1.165, 1.54) is 0 Å². The van der Waals surface area contributed by atoms with Gasteiger partial charge in [0.1, 0.15) is 0 Å². The maximum Gasteiger partial charge on any atom is 0.251 e. The number of amides is 1. The number of rotatable bonds is 3. The Kier molecular flexibility index (Phi) is 3.34. The van der Waals surface area contributed by atoms with Gasteiger partial charge in [-0.1, -0.05) is 50.2 Å². The summed E-state index contributed by atoms with van der Waals surface area (Å²) in [4.78, 5) is 24.8. The fourth-order valence-corrected chi connectivity index (χ4v) is 2.66. The van der Waals surface area contributed by atoms with Gasteiger partial charge in [0.15, 0.2) is 5.78 Å². The Morgan fingerprint density at radius 1 is 1.00 bits per heavy atom. The molecule has 0 radical (unpaired) electrons. The molecule has 0 aromatic heterocycles. The normalized spacial score (nSPS) is 12.2. The van der Waals surface area contributed by atoms with E-state index >= 15 is 0 Å². The lowest BCUT2D eigenvalue weighted by Gasteiger charge is -2.11. The first-order valence-electron chi connectivity index (χ1n) is 7.15. The van der Waals surface area contributed by atoms with Crippen molar-refractivity contribution in [1.29, 1.82) is 0 Å². The van der Waals surface area contributed by atoms with E-state index in [-0.39, 0.29) is 11.7 Å². The molecule has 0 aliphatic heterocycles. The molecule has 2 aromatic rings. The SMILES string of the molecule is CC(C)CNC(=O)c1cccc2c1-c1ccccc1C2=O. The Hall–Kier alpha value is -2.42. The fraction of sp³-hybridized carbons (Fsp3) is 0.222. The summed E-state index contributed by atoms with van der Waals surface area (Å²) in [6, 6.07) is 12.8. The molecule has 1 amide bonds. The highest BCUT2D eigenvalue weighted by Gasteiger charge is 2.29. The molecule has 0 unspecified atom stereocenters. The van der Waals surface area contributed by atoms with E-state index in [1.807, 2.05) is 24.3 Å². The average molecular weight is 279 g/mol. The van der Waals surface area contributed by atoms with Crippen LogP contribution in [0.25, 0.3) is 11.1 Å². The van der Waals surface area contributed by atoms with E-state index in [0.29, 0.717) is 29.2 Å². The third-order valence-electron chi connectivity index (χ3n) is 3.67. The van der Waals surface area contributed by atoms with Crippen LogP contribution in [0.1, 0.15) is 40.1 Å². The molecule has 0 saturated heterocycles. The molecule has 0 fully saturated rings. The summed E-state index contributed by atoms with van der Waals surface area (Å²) in [6.45, 7) is 4.72. The summed E-state index contributed by atoms with van der Waals surface area (Å²) < 4.78 is 0. The Balaban J connectivity index is 2.08. The van der Waals surface area contributed by atoms with Crippen LogP contribution in [-0.2, 0) is 0 Å². The van der Waals surface area contributed by atoms with Gasteiger partial charge in [-0.05, 0) is 17.5 Å². The average Bonchev–Trinajstić information content (AvgIpc) is 2.79. The summed E-state index contributed by atoms with van der Waals surface area (Å²) in [6.07, 6.45) is 0. The van der Waals surface area contributed by atoms with E-state index in [9.17, 15) is 9.59 Å². The fourth-order valence-electron chi connectivity index (χ4n) is 2.66. The zero-order chi connectivity index (χ0) is 15.0. The standard InChI is InChI=1S/C18H17NO2/c1-11(2)10-19-18(21)15-9-5-8-14-16(15)12-6-3-4-7-13(12)17(14)20/h3-9,11H,10H2,1-2H3,(H,19,21). The van der Waals surface area contributed by atoms with Crippen molar-refractivity contribution in [3.05, 3.63) is 59.2 Å². The molecule has 3 nitrogen and oxygen atoms in total. The smallest absolute Gasteiger partial charge is 0.251 e. The number of hydrogen-bond acceptors (Lipinski definition) is 2.